The first-order chi connectivity index (χ1) is 29.9. The van der Waals surface area contributed by atoms with E-state index in [0.717, 1.165) is 23.4 Å². The fraction of sp³-hybridized carbons (Fsp3) is 0.302. The predicted molar refractivity (Wildman–Crippen MR) is 222 cm³/mol. The number of fused-ring (bicyclic) bond motifs is 1. The van der Waals surface area contributed by atoms with E-state index in [2.05, 4.69) is 36.3 Å². The molecule has 318 valence electrons. The van der Waals surface area contributed by atoms with Gasteiger partial charge in [0, 0.05) is 50.4 Å². The number of likely N-dealkylation sites (N-methyl/N-ethyl adjacent to an activating group) is 1. The summed E-state index contributed by atoms with van der Waals surface area (Å²) in [4.78, 5) is 99.9. The molecule has 19 nitrogen and oxygen atoms in total. The van der Waals surface area contributed by atoms with E-state index in [1.165, 1.54) is 30.0 Å². The minimum atomic E-state index is -1.01. The molecular formula is C43H43N11O8. The standard InChI is InChI=1S/C43H43N11O8/c1-52(18-17-45-15-2-3-24-6-11-29-30(19-24)43(61)54(42(29)60)33-12-13-35(55)50-39(33)58)41(59)26-7-9-28(10-8-26)53-22-31(36(51-53)37(44)56)48-38(57)32-23-62-40(49-32)27-14-16-46-34(20-27)47-21-25-4-5-25/h6-11,14,16,19-20,22-23,25,33,45H,2-5,12-13,15,17-18,21H2,1H3,(H2,44,56)(H,46,47)(H,48,57)(H,50,55,58). The molecule has 0 radical (unpaired) electrons. The topological polar surface area (TPSA) is 257 Å². The van der Waals surface area contributed by atoms with E-state index >= 15 is 0 Å². The molecule has 1 saturated heterocycles. The van der Waals surface area contributed by atoms with E-state index in [1.54, 1.807) is 72.7 Å². The summed E-state index contributed by atoms with van der Waals surface area (Å²) in [6.45, 7) is 2.41. The van der Waals surface area contributed by atoms with Crippen LogP contribution in [-0.4, -0.2) is 110 Å². The third kappa shape index (κ3) is 8.97. The van der Waals surface area contributed by atoms with Crippen LogP contribution in [0.5, 0.6) is 0 Å². The first-order valence-corrected chi connectivity index (χ1v) is 20.2. The quantitative estimate of drug-likeness (QED) is 0.0668. The maximum Gasteiger partial charge on any atom is 0.277 e. The summed E-state index contributed by atoms with van der Waals surface area (Å²) in [6, 6.07) is 14.2. The Balaban J connectivity index is 0.799. The van der Waals surface area contributed by atoms with Gasteiger partial charge in [-0.05, 0) is 98.7 Å². The molecule has 19 heteroatoms. The van der Waals surface area contributed by atoms with Crippen LogP contribution in [0.4, 0.5) is 11.5 Å². The van der Waals surface area contributed by atoms with Crippen molar-refractivity contribution < 1.29 is 38.0 Å². The number of hydrogen-bond acceptors (Lipinski definition) is 13. The van der Waals surface area contributed by atoms with Crippen LogP contribution in [0, 0.1) is 5.92 Å². The number of piperidine rings is 1. The minimum Gasteiger partial charge on any atom is -0.444 e. The van der Waals surface area contributed by atoms with Gasteiger partial charge in [0.05, 0.1) is 28.7 Å². The maximum absolute atomic E-state index is 13.2. The molecule has 1 unspecified atom stereocenters. The summed E-state index contributed by atoms with van der Waals surface area (Å²) in [7, 11) is 1.69. The van der Waals surface area contributed by atoms with Crippen LogP contribution in [0.25, 0.3) is 17.1 Å². The monoisotopic (exact) mass is 841 g/mol. The molecule has 1 atom stereocenters. The molecule has 0 bridgehead atoms. The zero-order valence-electron chi connectivity index (χ0n) is 33.7. The Bertz CT molecular complexity index is 2600. The number of oxazole rings is 1. The van der Waals surface area contributed by atoms with Crippen molar-refractivity contribution in [2.75, 3.05) is 43.9 Å². The van der Waals surface area contributed by atoms with Gasteiger partial charge in [0.1, 0.15) is 18.1 Å². The molecule has 1 aliphatic carbocycles. The summed E-state index contributed by atoms with van der Waals surface area (Å²) < 4.78 is 6.96. The number of carbonyl (C=O) groups is 7. The Kier molecular flexibility index (Phi) is 11.7. The van der Waals surface area contributed by atoms with Gasteiger partial charge in [0.2, 0.25) is 17.7 Å². The number of nitrogens with one attached hydrogen (secondary N) is 4. The molecule has 1 saturated carbocycles. The molecule has 2 aliphatic heterocycles. The molecule has 2 fully saturated rings. The van der Waals surface area contributed by atoms with Crippen LogP contribution >= 0.6 is 0 Å². The fourth-order valence-corrected chi connectivity index (χ4v) is 7.25. The van der Waals surface area contributed by atoms with Crippen molar-refractivity contribution in [3.05, 3.63) is 107 Å². The van der Waals surface area contributed by atoms with Gasteiger partial charge in [0.25, 0.3) is 29.5 Å². The van der Waals surface area contributed by atoms with E-state index in [-0.39, 0.29) is 52.8 Å². The Labute approximate surface area is 354 Å². The summed E-state index contributed by atoms with van der Waals surface area (Å²) in [5.41, 5.74) is 8.39. The summed E-state index contributed by atoms with van der Waals surface area (Å²) in [5, 5.41) is 15.7. The highest BCUT2D eigenvalue weighted by Gasteiger charge is 2.44. The number of pyridine rings is 1. The highest BCUT2D eigenvalue weighted by atomic mass is 16.3. The summed E-state index contributed by atoms with van der Waals surface area (Å²) in [6.07, 6.45) is 8.20. The molecule has 6 N–H and O–H groups in total. The van der Waals surface area contributed by atoms with E-state index in [9.17, 15) is 33.6 Å². The van der Waals surface area contributed by atoms with Gasteiger partial charge in [-0.1, -0.05) is 6.07 Å². The van der Waals surface area contributed by atoms with E-state index in [1.807, 2.05) is 0 Å². The number of nitrogens with two attached hydrogens (primary N) is 1. The van der Waals surface area contributed by atoms with Crippen molar-refractivity contribution in [3.8, 4) is 17.1 Å². The zero-order valence-corrected chi connectivity index (χ0v) is 33.7. The van der Waals surface area contributed by atoms with Gasteiger partial charge in [-0.25, -0.2) is 14.6 Å². The van der Waals surface area contributed by atoms with Crippen LogP contribution in [0.1, 0.15) is 89.7 Å². The third-order valence-electron chi connectivity index (χ3n) is 10.9. The predicted octanol–water partition coefficient (Wildman–Crippen LogP) is 2.79. The number of amides is 7. The molecular weight excluding hydrogens is 799 g/mol. The van der Waals surface area contributed by atoms with Gasteiger partial charge in [-0.3, -0.25) is 43.8 Å². The second kappa shape index (κ2) is 17.6. The normalized spacial score (nSPS) is 16.0. The molecule has 8 rings (SSSR count). The molecule has 5 heterocycles. The lowest BCUT2D eigenvalue weighted by Crippen LogP contribution is -2.54. The fourth-order valence-electron chi connectivity index (χ4n) is 7.25. The number of aromatic nitrogens is 4. The number of anilines is 2. The highest BCUT2D eigenvalue weighted by Crippen LogP contribution is 2.30. The number of hydrogen-bond donors (Lipinski definition) is 5. The van der Waals surface area contributed by atoms with Crippen molar-refractivity contribution >= 4 is 52.9 Å². The number of primary amides is 1. The van der Waals surface area contributed by atoms with Crippen LogP contribution in [-0.2, 0) is 16.0 Å². The van der Waals surface area contributed by atoms with E-state index < -0.39 is 41.5 Å². The van der Waals surface area contributed by atoms with Crippen molar-refractivity contribution in [2.24, 2.45) is 11.7 Å². The molecule has 62 heavy (non-hydrogen) atoms. The van der Waals surface area contributed by atoms with Gasteiger partial charge in [-0.15, -0.1) is 0 Å². The van der Waals surface area contributed by atoms with Crippen LogP contribution in [0.3, 0.4) is 0 Å². The summed E-state index contributed by atoms with van der Waals surface area (Å²) in [5.74, 6) is -2.29. The Morgan fingerprint density at radius 2 is 1.76 bits per heavy atom. The average molecular weight is 842 g/mol. The average Bonchev–Trinajstić information content (AvgIpc) is 3.68. The molecule has 7 amide bonds. The van der Waals surface area contributed by atoms with Gasteiger partial charge in [-0.2, -0.15) is 5.10 Å². The third-order valence-corrected chi connectivity index (χ3v) is 10.9. The number of carbonyl (C=O) groups excluding carboxylic acids is 7. The lowest BCUT2D eigenvalue weighted by molar-refractivity contribution is -0.136. The highest BCUT2D eigenvalue weighted by molar-refractivity contribution is 6.23. The smallest absolute Gasteiger partial charge is 0.277 e. The van der Waals surface area contributed by atoms with Crippen molar-refractivity contribution in [2.45, 2.75) is 44.6 Å². The first-order valence-electron chi connectivity index (χ1n) is 20.2. The van der Waals surface area contributed by atoms with E-state index in [4.69, 9.17) is 10.2 Å². The number of imide groups is 2. The number of aryl methyl sites for hydroxylation is 1. The Morgan fingerprint density at radius 3 is 2.52 bits per heavy atom. The molecule has 2 aromatic carbocycles. The van der Waals surface area contributed by atoms with Crippen molar-refractivity contribution in [1.82, 2.24) is 40.2 Å². The van der Waals surface area contributed by atoms with Crippen molar-refractivity contribution in [1.29, 1.82) is 0 Å². The van der Waals surface area contributed by atoms with Crippen LogP contribution in [0.2, 0.25) is 0 Å². The number of rotatable bonds is 17. The largest absolute Gasteiger partial charge is 0.444 e. The molecule has 5 aromatic rings. The van der Waals surface area contributed by atoms with Gasteiger partial charge in [0.15, 0.2) is 11.4 Å². The Hall–Kier alpha value is -7.54. The second-order valence-corrected chi connectivity index (χ2v) is 15.4. The molecule has 3 aliphatic rings. The maximum atomic E-state index is 13.2. The zero-order chi connectivity index (χ0) is 43.5. The molecule has 3 aromatic heterocycles. The van der Waals surface area contributed by atoms with Crippen LogP contribution in [0.15, 0.2) is 77.7 Å². The second-order valence-electron chi connectivity index (χ2n) is 15.4. The number of benzene rings is 2. The first kappa shape index (κ1) is 41.2. The number of nitrogens with zero attached hydrogens (tertiary/aromatic N) is 6. The van der Waals surface area contributed by atoms with Crippen molar-refractivity contribution in [3.63, 3.8) is 0 Å². The lowest BCUT2D eigenvalue weighted by atomic mass is 10.0. The van der Waals surface area contributed by atoms with E-state index in [0.29, 0.717) is 54.6 Å². The minimum absolute atomic E-state index is 0.0224. The van der Waals surface area contributed by atoms with Crippen LogP contribution < -0.4 is 27.0 Å². The lowest BCUT2D eigenvalue weighted by Gasteiger charge is -2.27. The van der Waals surface area contributed by atoms with Gasteiger partial charge < -0.3 is 31.0 Å². The Morgan fingerprint density at radius 1 is 0.968 bits per heavy atom. The summed E-state index contributed by atoms with van der Waals surface area (Å²) >= 11 is 0. The van der Waals surface area contributed by atoms with Gasteiger partial charge >= 0.3 is 0 Å². The molecule has 0 spiro atoms. The SMILES string of the molecule is CN(CCNCCCc1ccc2c(c1)C(=O)N(C1CCC(=O)NC1=O)C2=O)C(=O)c1ccc(-n2cc(NC(=O)c3coc(-c4ccnc(NCC5CC5)c4)n3)c(C(N)=O)n2)cc1.